The smallest absolute Gasteiger partial charge is 0.262 e. The predicted molar refractivity (Wildman–Crippen MR) is 102 cm³/mol. The van der Waals surface area contributed by atoms with Gasteiger partial charge < -0.3 is 20.1 Å². The quantitative estimate of drug-likeness (QED) is 0.746. The molecule has 0 saturated carbocycles. The van der Waals surface area contributed by atoms with E-state index in [9.17, 15) is 9.59 Å². The van der Waals surface area contributed by atoms with Crippen molar-refractivity contribution in [3.05, 3.63) is 53.7 Å². The standard InChI is InChI=1S/C20H17N3O4/c1-11-14(8-12-4-3-5-16(26-2)19(12)21-11)20(25)22-13-6-7-15-17(9-13)27-10-18(24)23-15/h3-9H,10H2,1-2H3,(H,22,25)(H,23,24). The Morgan fingerprint density at radius 2 is 2.11 bits per heavy atom. The Hall–Kier alpha value is -3.61. The van der Waals surface area contributed by atoms with E-state index in [-0.39, 0.29) is 18.4 Å². The van der Waals surface area contributed by atoms with Gasteiger partial charge in [0.1, 0.15) is 17.0 Å². The molecule has 2 amide bonds. The molecule has 0 atom stereocenters. The number of benzene rings is 2. The summed E-state index contributed by atoms with van der Waals surface area (Å²) < 4.78 is 10.7. The van der Waals surface area contributed by atoms with E-state index in [2.05, 4.69) is 15.6 Å². The molecule has 0 fully saturated rings. The lowest BCUT2D eigenvalue weighted by Crippen LogP contribution is -2.25. The van der Waals surface area contributed by atoms with Crippen LogP contribution in [-0.4, -0.2) is 30.5 Å². The molecule has 7 nitrogen and oxygen atoms in total. The van der Waals surface area contributed by atoms with Crippen LogP contribution in [0.2, 0.25) is 0 Å². The Morgan fingerprint density at radius 1 is 1.26 bits per heavy atom. The number of pyridine rings is 1. The maximum atomic E-state index is 12.8. The number of hydrogen-bond donors (Lipinski definition) is 2. The molecule has 27 heavy (non-hydrogen) atoms. The first-order valence-corrected chi connectivity index (χ1v) is 8.37. The van der Waals surface area contributed by atoms with Crippen LogP contribution in [0.25, 0.3) is 10.9 Å². The van der Waals surface area contributed by atoms with E-state index in [1.807, 2.05) is 18.2 Å². The van der Waals surface area contributed by atoms with Crippen LogP contribution in [0.3, 0.4) is 0 Å². The third-order valence-electron chi connectivity index (χ3n) is 4.34. The number of fused-ring (bicyclic) bond motifs is 2. The number of methoxy groups -OCH3 is 1. The van der Waals surface area contributed by atoms with E-state index in [0.29, 0.717) is 39.6 Å². The highest BCUT2D eigenvalue weighted by molar-refractivity contribution is 6.07. The summed E-state index contributed by atoms with van der Waals surface area (Å²) in [6.45, 7) is 1.74. The Labute approximate surface area is 155 Å². The van der Waals surface area contributed by atoms with Gasteiger partial charge in [-0.2, -0.15) is 0 Å². The summed E-state index contributed by atoms with van der Waals surface area (Å²) in [5, 5.41) is 6.39. The number of carbonyl (C=O) groups excluding carboxylic acids is 2. The molecular weight excluding hydrogens is 346 g/mol. The zero-order chi connectivity index (χ0) is 19.0. The molecule has 2 N–H and O–H groups in total. The number of rotatable bonds is 3. The van der Waals surface area contributed by atoms with E-state index >= 15 is 0 Å². The molecule has 0 bridgehead atoms. The van der Waals surface area contributed by atoms with Gasteiger partial charge in [0.05, 0.1) is 24.1 Å². The summed E-state index contributed by atoms with van der Waals surface area (Å²) in [5.41, 5.74) is 2.94. The fourth-order valence-corrected chi connectivity index (χ4v) is 3.01. The summed E-state index contributed by atoms with van der Waals surface area (Å²) in [5.74, 6) is 0.707. The summed E-state index contributed by atoms with van der Waals surface area (Å²) in [7, 11) is 1.59. The second-order valence-corrected chi connectivity index (χ2v) is 6.16. The molecule has 0 spiro atoms. The van der Waals surface area contributed by atoms with Crippen molar-refractivity contribution in [3.8, 4) is 11.5 Å². The number of anilines is 2. The molecule has 0 unspecified atom stereocenters. The number of nitrogens with one attached hydrogen (secondary N) is 2. The first-order chi connectivity index (χ1) is 13.0. The summed E-state index contributed by atoms with van der Waals surface area (Å²) >= 11 is 0. The molecule has 4 rings (SSSR count). The minimum Gasteiger partial charge on any atom is -0.494 e. The van der Waals surface area contributed by atoms with Gasteiger partial charge in [0.2, 0.25) is 0 Å². The minimum absolute atomic E-state index is 0.0417. The van der Waals surface area contributed by atoms with Crippen molar-refractivity contribution in [2.45, 2.75) is 6.92 Å². The number of carbonyl (C=O) groups is 2. The molecule has 3 aromatic rings. The molecular formula is C20H17N3O4. The lowest BCUT2D eigenvalue weighted by Gasteiger charge is -2.18. The summed E-state index contributed by atoms with van der Waals surface area (Å²) in [4.78, 5) is 28.6. The lowest BCUT2D eigenvalue weighted by atomic mass is 10.1. The van der Waals surface area contributed by atoms with E-state index in [1.54, 1.807) is 38.3 Å². The number of aromatic nitrogens is 1. The first-order valence-electron chi connectivity index (χ1n) is 8.37. The Kier molecular flexibility index (Phi) is 4.12. The third-order valence-corrected chi connectivity index (χ3v) is 4.34. The number of aryl methyl sites for hydroxylation is 1. The van der Waals surface area contributed by atoms with Crippen molar-refractivity contribution in [1.82, 2.24) is 4.98 Å². The SMILES string of the molecule is COc1cccc2cc(C(=O)Nc3ccc4c(c3)OCC(=O)N4)c(C)nc12. The van der Waals surface area contributed by atoms with Gasteiger partial charge >= 0.3 is 0 Å². The van der Waals surface area contributed by atoms with Crippen LogP contribution >= 0.6 is 0 Å². The van der Waals surface area contributed by atoms with Gasteiger partial charge in [-0.3, -0.25) is 9.59 Å². The van der Waals surface area contributed by atoms with Gasteiger partial charge in [-0.25, -0.2) is 4.98 Å². The molecule has 0 saturated heterocycles. The molecule has 0 aliphatic carbocycles. The van der Waals surface area contributed by atoms with Crippen molar-refractivity contribution >= 4 is 34.1 Å². The first kappa shape index (κ1) is 16.8. The molecule has 2 aromatic carbocycles. The van der Waals surface area contributed by atoms with Crippen LogP contribution in [-0.2, 0) is 4.79 Å². The normalized spacial score (nSPS) is 12.7. The van der Waals surface area contributed by atoms with Crippen molar-refractivity contribution in [3.63, 3.8) is 0 Å². The van der Waals surface area contributed by atoms with Crippen molar-refractivity contribution in [1.29, 1.82) is 0 Å². The maximum Gasteiger partial charge on any atom is 0.262 e. The van der Waals surface area contributed by atoms with Crippen molar-refractivity contribution < 1.29 is 19.1 Å². The number of ether oxygens (including phenoxy) is 2. The van der Waals surface area contributed by atoms with Gasteiger partial charge in [-0.1, -0.05) is 12.1 Å². The fraction of sp³-hybridized carbons (Fsp3) is 0.150. The van der Waals surface area contributed by atoms with Gasteiger partial charge in [0.25, 0.3) is 11.8 Å². The number of amides is 2. The van der Waals surface area contributed by atoms with Crippen LogP contribution in [0.1, 0.15) is 16.1 Å². The predicted octanol–water partition coefficient (Wildman–Crippen LogP) is 3.14. The van der Waals surface area contributed by atoms with Crippen LogP contribution in [0.5, 0.6) is 11.5 Å². The minimum atomic E-state index is -0.274. The highest BCUT2D eigenvalue weighted by atomic mass is 16.5. The highest BCUT2D eigenvalue weighted by Gasteiger charge is 2.18. The second-order valence-electron chi connectivity index (χ2n) is 6.16. The Morgan fingerprint density at radius 3 is 2.93 bits per heavy atom. The van der Waals surface area contributed by atoms with Crippen LogP contribution in [0.15, 0.2) is 42.5 Å². The molecule has 0 radical (unpaired) electrons. The molecule has 2 heterocycles. The average molecular weight is 363 g/mol. The fourth-order valence-electron chi connectivity index (χ4n) is 3.01. The maximum absolute atomic E-state index is 12.8. The van der Waals surface area contributed by atoms with Crippen molar-refractivity contribution in [2.24, 2.45) is 0 Å². The topological polar surface area (TPSA) is 89.5 Å². The Balaban J connectivity index is 1.63. The second kappa shape index (κ2) is 6.60. The zero-order valence-electron chi connectivity index (χ0n) is 14.8. The van der Waals surface area contributed by atoms with Crippen molar-refractivity contribution in [2.75, 3.05) is 24.4 Å². The van der Waals surface area contributed by atoms with E-state index in [1.165, 1.54) is 0 Å². The molecule has 136 valence electrons. The van der Waals surface area contributed by atoms with Crippen LogP contribution in [0, 0.1) is 6.92 Å². The van der Waals surface area contributed by atoms with E-state index in [0.717, 1.165) is 5.39 Å². The van der Waals surface area contributed by atoms with Crippen LogP contribution < -0.4 is 20.1 Å². The Bertz CT molecular complexity index is 1080. The van der Waals surface area contributed by atoms with Gasteiger partial charge in [0, 0.05) is 17.1 Å². The zero-order valence-corrected chi connectivity index (χ0v) is 14.8. The number of nitrogens with zero attached hydrogens (tertiary/aromatic N) is 1. The van der Waals surface area contributed by atoms with Gasteiger partial charge in [-0.15, -0.1) is 0 Å². The van der Waals surface area contributed by atoms with Crippen LogP contribution in [0.4, 0.5) is 11.4 Å². The molecule has 1 aromatic heterocycles. The van der Waals surface area contributed by atoms with Gasteiger partial charge in [0.15, 0.2) is 6.61 Å². The third kappa shape index (κ3) is 3.15. The number of hydrogen-bond acceptors (Lipinski definition) is 5. The monoisotopic (exact) mass is 363 g/mol. The van der Waals surface area contributed by atoms with Gasteiger partial charge in [-0.05, 0) is 31.2 Å². The number of para-hydroxylation sites is 1. The van der Waals surface area contributed by atoms with E-state index in [4.69, 9.17) is 9.47 Å². The molecule has 7 heteroatoms. The highest BCUT2D eigenvalue weighted by Crippen LogP contribution is 2.31. The molecule has 1 aliphatic rings. The summed E-state index contributed by atoms with van der Waals surface area (Å²) in [6.07, 6.45) is 0. The molecule has 1 aliphatic heterocycles. The average Bonchev–Trinajstić information content (AvgIpc) is 2.67. The lowest BCUT2D eigenvalue weighted by molar-refractivity contribution is -0.118. The largest absolute Gasteiger partial charge is 0.494 e. The summed E-state index contributed by atoms with van der Waals surface area (Å²) in [6, 6.07) is 12.5. The van der Waals surface area contributed by atoms with E-state index < -0.39 is 0 Å².